The van der Waals surface area contributed by atoms with E-state index < -0.39 is 0 Å². The number of halogens is 1. The highest BCUT2D eigenvalue weighted by Gasteiger charge is 2.38. The Morgan fingerprint density at radius 2 is 1.74 bits per heavy atom. The van der Waals surface area contributed by atoms with E-state index in [0.29, 0.717) is 29.9 Å². The maximum atomic E-state index is 15.6. The molecule has 0 unspecified atom stereocenters. The molecule has 0 saturated carbocycles. The van der Waals surface area contributed by atoms with Gasteiger partial charge in [0.2, 0.25) is 0 Å². The number of anilines is 1. The van der Waals surface area contributed by atoms with Crippen molar-refractivity contribution in [1.82, 2.24) is 0 Å². The van der Waals surface area contributed by atoms with E-state index in [0.717, 1.165) is 63.1 Å². The highest BCUT2D eigenvalue weighted by atomic mass is 19.1. The second kappa shape index (κ2) is 10.7. The third-order valence-corrected chi connectivity index (χ3v) is 8.12. The topological polar surface area (TPSA) is 60.4 Å². The minimum Gasteiger partial charge on any atom is -0.508 e. The number of benzene rings is 2. The number of hydrogen-bond acceptors (Lipinski definition) is 6. The molecule has 190 valence electrons. The lowest BCUT2D eigenvalue weighted by molar-refractivity contribution is -0.141. The zero-order valence-corrected chi connectivity index (χ0v) is 20.6. The highest BCUT2D eigenvalue weighted by molar-refractivity contribution is 5.53. The maximum Gasteiger partial charge on any atom is 0.159 e. The summed E-state index contributed by atoms with van der Waals surface area (Å²) >= 11 is 0. The second-order valence-corrected chi connectivity index (χ2v) is 10.00. The van der Waals surface area contributed by atoms with E-state index in [1.807, 2.05) is 12.1 Å². The number of rotatable bonds is 6. The summed E-state index contributed by atoms with van der Waals surface area (Å²) in [7, 11) is 3.34. The minimum atomic E-state index is -0.209. The summed E-state index contributed by atoms with van der Waals surface area (Å²) in [6.45, 7) is 3.62. The Bertz CT molecular complexity index is 999. The summed E-state index contributed by atoms with van der Waals surface area (Å²) in [5.74, 6) is 1.70. The number of ether oxygens (including phenoxy) is 4. The molecule has 2 atom stereocenters. The lowest BCUT2D eigenvalue weighted by Crippen LogP contribution is -2.39. The molecule has 7 heteroatoms. The molecule has 0 amide bonds. The number of nitrogens with zero attached hydrogens (tertiary/aromatic N) is 1. The molecule has 2 saturated heterocycles. The van der Waals surface area contributed by atoms with E-state index in [2.05, 4.69) is 11.0 Å². The Hall–Kier alpha value is -2.35. The second-order valence-electron chi connectivity index (χ2n) is 10.00. The van der Waals surface area contributed by atoms with Gasteiger partial charge in [0, 0.05) is 69.9 Å². The van der Waals surface area contributed by atoms with Gasteiger partial charge in [-0.1, -0.05) is 12.1 Å². The lowest BCUT2D eigenvalue weighted by Gasteiger charge is -2.40. The fourth-order valence-electron chi connectivity index (χ4n) is 6.26. The normalized spacial score (nSPS) is 23.8. The molecule has 0 aromatic heterocycles. The maximum absolute atomic E-state index is 15.6. The van der Waals surface area contributed by atoms with Gasteiger partial charge in [-0.25, -0.2) is 4.39 Å². The van der Waals surface area contributed by atoms with Gasteiger partial charge in [-0.05, 0) is 55.4 Å². The monoisotopic (exact) mass is 485 g/mol. The molecule has 3 heterocycles. The summed E-state index contributed by atoms with van der Waals surface area (Å²) in [5.41, 5.74) is 2.63. The molecule has 2 fully saturated rings. The number of piperidine rings is 1. The van der Waals surface area contributed by atoms with Crippen LogP contribution in [-0.4, -0.2) is 58.5 Å². The smallest absolute Gasteiger partial charge is 0.159 e. The average molecular weight is 486 g/mol. The number of methoxy groups -OCH3 is 2. The largest absolute Gasteiger partial charge is 0.508 e. The molecule has 0 aliphatic carbocycles. The van der Waals surface area contributed by atoms with E-state index in [-0.39, 0.29) is 29.7 Å². The van der Waals surface area contributed by atoms with Crippen molar-refractivity contribution in [2.24, 2.45) is 17.8 Å². The molecule has 0 radical (unpaired) electrons. The predicted molar refractivity (Wildman–Crippen MR) is 132 cm³/mol. The lowest BCUT2D eigenvalue weighted by atomic mass is 9.71. The van der Waals surface area contributed by atoms with Crippen molar-refractivity contribution < 1.29 is 28.4 Å². The first-order valence-corrected chi connectivity index (χ1v) is 12.7. The van der Waals surface area contributed by atoms with Crippen molar-refractivity contribution in [2.75, 3.05) is 52.0 Å². The third-order valence-electron chi connectivity index (χ3n) is 8.12. The molecule has 1 N–H and O–H groups in total. The van der Waals surface area contributed by atoms with E-state index >= 15 is 4.39 Å². The highest BCUT2D eigenvalue weighted by Crippen LogP contribution is 2.47. The molecular formula is C28H36FNO5. The van der Waals surface area contributed by atoms with E-state index in [1.165, 1.54) is 0 Å². The number of fused-ring (bicyclic) bond motifs is 1. The van der Waals surface area contributed by atoms with E-state index in [1.54, 1.807) is 32.4 Å². The number of phenolic OH excluding ortho intramolecular Hbond substituents is 1. The fourth-order valence-corrected chi connectivity index (χ4v) is 6.26. The third kappa shape index (κ3) is 4.99. The Balaban J connectivity index is 1.40. The van der Waals surface area contributed by atoms with Gasteiger partial charge in [0.25, 0.3) is 0 Å². The van der Waals surface area contributed by atoms with Crippen LogP contribution < -0.4 is 9.64 Å². The number of phenols is 1. The van der Waals surface area contributed by atoms with Crippen LogP contribution >= 0.6 is 0 Å². The Labute approximate surface area is 206 Å². The molecule has 5 rings (SSSR count). The Kier molecular flexibility index (Phi) is 7.46. The zero-order chi connectivity index (χ0) is 24.4. The molecular weight excluding hydrogens is 449 g/mol. The van der Waals surface area contributed by atoms with Gasteiger partial charge in [0.15, 0.2) is 6.29 Å². The molecule has 2 aromatic rings. The van der Waals surface area contributed by atoms with Gasteiger partial charge in [-0.3, -0.25) is 0 Å². The first-order chi connectivity index (χ1) is 17.1. The predicted octanol–water partition coefficient (Wildman–Crippen LogP) is 4.93. The quantitative estimate of drug-likeness (QED) is 0.586. The van der Waals surface area contributed by atoms with Crippen LogP contribution in [0.25, 0.3) is 0 Å². The van der Waals surface area contributed by atoms with Crippen molar-refractivity contribution in [3.8, 4) is 11.5 Å². The van der Waals surface area contributed by atoms with Gasteiger partial charge >= 0.3 is 0 Å². The fraction of sp³-hybridized carbons (Fsp3) is 0.571. The first kappa shape index (κ1) is 24.3. The Morgan fingerprint density at radius 3 is 2.43 bits per heavy atom. The van der Waals surface area contributed by atoms with Gasteiger partial charge < -0.3 is 29.0 Å². The molecule has 3 aliphatic rings. The Morgan fingerprint density at radius 1 is 1.00 bits per heavy atom. The van der Waals surface area contributed by atoms with Crippen LogP contribution in [0, 0.1) is 23.6 Å². The van der Waals surface area contributed by atoms with E-state index in [9.17, 15) is 5.11 Å². The summed E-state index contributed by atoms with van der Waals surface area (Å²) < 4.78 is 38.2. The van der Waals surface area contributed by atoms with Gasteiger partial charge in [0.05, 0.1) is 12.3 Å². The van der Waals surface area contributed by atoms with Crippen LogP contribution in [0.15, 0.2) is 36.4 Å². The van der Waals surface area contributed by atoms with Crippen LogP contribution in [0.5, 0.6) is 11.5 Å². The van der Waals surface area contributed by atoms with Crippen molar-refractivity contribution in [1.29, 1.82) is 0 Å². The molecule has 3 aliphatic heterocycles. The molecule has 2 aromatic carbocycles. The molecule has 35 heavy (non-hydrogen) atoms. The SMILES string of the molecule is COC(OC)C1CCN(c2ccc([C@@H]3c4ccc(O)cc4OC[C@@H]3C3CCOCC3)cc2F)CC1. The number of aromatic hydroxyl groups is 1. The summed E-state index contributed by atoms with van der Waals surface area (Å²) in [6.07, 6.45) is 3.56. The standard InChI is InChI=1S/C28H36FNO5/c1-32-28(33-2)19-7-11-30(12-8-19)25-6-3-20(15-24(25)29)27-22-5-4-21(31)16-26(22)35-17-23(27)18-9-13-34-14-10-18/h3-6,15-16,18-19,23,27-28,31H,7-14,17H2,1-2H3/t23-,27-/m1/s1. The summed E-state index contributed by atoms with van der Waals surface area (Å²) in [5, 5.41) is 9.99. The van der Waals surface area contributed by atoms with Crippen LogP contribution in [0.2, 0.25) is 0 Å². The van der Waals surface area contributed by atoms with Gasteiger partial charge in [-0.2, -0.15) is 0 Å². The van der Waals surface area contributed by atoms with Crippen LogP contribution in [0.1, 0.15) is 42.7 Å². The van der Waals surface area contributed by atoms with Crippen molar-refractivity contribution in [2.45, 2.75) is 37.9 Å². The van der Waals surface area contributed by atoms with Crippen molar-refractivity contribution in [3.05, 3.63) is 53.3 Å². The van der Waals surface area contributed by atoms with Crippen LogP contribution in [0.4, 0.5) is 10.1 Å². The average Bonchev–Trinajstić information content (AvgIpc) is 2.89. The van der Waals surface area contributed by atoms with E-state index in [4.69, 9.17) is 18.9 Å². The summed E-state index contributed by atoms with van der Waals surface area (Å²) in [4.78, 5) is 2.13. The van der Waals surface area contributed by atoms with Crippen LogP contribution in [-0.2, 0) is 14.2 Å². The number of hydrogen-bond donors (Lipinski definition) is 1. The zero-order valence-electron chi connectivity index (χ0n) is 20.6. The van der Waals surface area contributed by atoms with Crippen LogP contribution in [0.3, 0.4) is 0 Å². The molecule has 0 bridgehead atoms. The molecule has 0 spiro atoms. The summed E-state index contributed by atoms with van der Waals surface area (Å²) in [6, 6.07) is 11.0. The van der Waals surface area contributed by atoms with Gasteiger partial charge in [-0.15, -0.1) is 0 Å². The molecule has 6 nitrogen and oxygen atoms in total. The van der Waals surface area contributed by atoms with Crippen molar-refractivity contribution in [3.63, 3.8) is 0 Å². The first-order valence-electron chi connectivity index (χ1n) is 12.7. The minimum absolute atomic E-state index is 0.0147. The van der Waals surface area contributed by atoms with Crippen molar-refractivity contribution >= 4 is 5.69 Å². The van der Waals surface area contributed by atoms with Gasteiger partial charge in [0.1, 0.15) is 17.3 Å².